The van der Waals surface area contributed by atoms with Gasteiger partial charge in [0.25, 0.3) is 0 Å². The van der Waals surface area contributed by atoms with Crippen molar-refractivity contribution in [1.29, 1.82) is 0 Å². The van der Waals surface area contributed by atoms with Gasteiger partial charge in [-0.15, -0.1) is 0 Å². The van der Waals surface area contributed by atoms with Crippen LogP contribution in [0, 0.1) is 0 Å². The number of morpholine rings is 1. The first-order valence-corrected chi connectivity index (χ1v) is 7.14. The fourth-order valence-corrected chi connectivity index (χ4v) is 1.41. The number of nitrogens with zero attached hydrogens (tertiary/aromatic N) is 1. The first-order valence-electron chi connectivity index (χ1n) is 7.14. The molecule has 0 bridgehead atoms. The van der Waals surface area contributed by atoms with Crippen molar-refractivity contribution in [2.75, 3.05) is 46.6 Å². The van der Waals surface area contributed by atoms with Crippen LogP contribution in [-0.2, 0) is 9.47 Å². The third-order valence-electron chi connectivity index (χ3n) is 2.34. The maximum Gasteiger partial charge on any atom is 0.0594 e. The molecule has 0 aromatic rings. The van der Waals surface area contributed by atoms with Crippen LogP contribution in [0.25, 0.3) is 0 Å². The lowest BCUT2D eigenvalue weighted by molar-refractivity contribution is 0.0373. The van der Waals surface area contributed by atoms with Crippen molar-refractivity contribution >= 4 is 0 Å². The van der Waals surface area contributed by atoms with E-state index in [1.807, 2.05) is 13.8 Å². The summed E-state index contributed by atoms with van der Waals surface area (Å²) in [6.07, 6.45) is 3.76. The van der Waals surface area contributed by atoms with Crippen LogP contribution in [0.5, 0.6) is 0 Å². The average molecular weight is 247 g/mol. The molecule has 1 rings (SSSR count). The van der Waals surface area contributed by atoms with E-state index in [0.29, 0.717) is 0 Å². The summed E-state index contributed by atoms with van der Waals surface area (Å²) < 4.78 is 9.93. The Balaban J connectivity index is 0. The second-order valence-corrected chi connectivity index (χ2v) is 3.80. The van der Waals surface area contributed by atoms with Gasteiger partial charge < -0.3 is 9.47 Å². The number of rotatable bonds is 5. The molecule has 0 amide bonds. The minimum atomic E-state index is 0.889. The van der Waals surface area contributed by atoms with Crippen molar-refractivity contribution in [2.45, 2.75) is 47.0 Å². The molecule has 0 unspecified atom stereocenters. The highest BCUT2D eigenvalue weighted by molar-refractivity contribution is 4.60. The normalized spacial score (nSPS) is 15.4. The Labute approximate surface area is 108 Å². The number of hydrogen-bond donors (Lipinski definition) is 0. The molecule has 0 radical (unpaired) electrons. The van der Waals surface area contributed by atoms with Gasteiger partial charge in [-0.1, -0.05) is 34.1 Å². The number of ether oxygens (including phenoxy) is 2. The van der Waals surface area contributed by atoms with Crippen molar-refractivity contribution < 1.29 is 9.47 Å². The lowest BCUT2D eigenvalue weighted by atomic mass is 10.3. The Morgan fingerprint density at radius 1 is 1.06 bits per heavy atom. The lowest BCUT2D eigenvalue weighted by Crippen LogP contribution is -2.36. The fourth-order valence-electron chi connectivity index (χ4n) is 1.41. The standard InChI is InChI=1S/C8H17NO.C4H10O.C2H6/c1-2-3-4-9-5-7-10-8-6-9;1-3-4-5-2;1-2/h2-8H2,1H3;3-4H2,1-2H3;1-2H3. The quantitative estimate of drug-likeness (QED) is 0.745. The molecule has 17 heavy (non-hydrogen) atoms. The van der Waals surface area contributed by atoms with E-state index in [4.69, 9.17) is 9.47 Å². The molecule has 1 saturated heterocycles. The van der Waals surface area contributed by atoms with Crippen LogP contribution in [0.4, 0.5) is 0 Å². The van der Waals surface area contributed by atoms with E-state index in [1.165, 1.54) is 19.4 Å². The van der Waals surface area contributed by atoms with Crippen molar-refractivity contribution in [3.8, 4) is 0 Å². The molecule has 0 saturated carbocycles. The minimum absolute atomic E-state index is 0.889. The van der Waals surface area contributed by atoms with Gasteiger partial charge in [-0.3, -0.25) is 4.90 Å². The van der Waals surface area contributed by atoms with Gasteiger partial charge in [-0.25, -0.2) is 0 Å². The van der Waals surface area contributed by atoms with Gasteiger partial charge in [0.1, 0.15) is 0 Å². The van der Waals surface area contributed by atoms with E-state index in [9.17, 15) is 0 Å². The van der Waals surface area contributed by atoms with Gasteiger partial charge in [0.05, 0.1) is 13.2 Å². The third-order valence-corrected chi connectivity index (χ3v) is 2.34. The smallest absolute Gasteiger partial charge is 0.0594 e. The Kier molecular flexibility index (Phi) is 20.6. The molecular formula is C14H33NO2. The van der Waals surface area contributed by atoms with Gasteiger partial charge in [0.15, 0.2) is 0 Å². The fraction of sp³-hybridized carbons (Fsp3) is 1.00. The molecule has 106 valence electrons. The van der Waals surface area contributed by atoms with Crippen LogP contribution in [0.2, 0.25) is 0 Å². The van der Waals surface area contributed by atoms with Crippen molar-refractivity contribution in [3.63, 3.8) is 0 Å². The summed E-state index contributed by atoms with van der Waals surface area (Å²) in [7, 11) is 1.71. The molecular weight excluding hydrogens is 214 g/mol. The number of hydrogen-bond acceptors (Lipinski definition) is 3. The second-order valence-electron chi connectivity index (χ2n) is 3.80. The van der Waals surface area contributed by atoms with Crippen molar-refractivity contribution in [1.82, 2.24) is 4.90 Å². The van der Waals surface area contributed by atoms with Gasteiger partial charge in [-0.2, -0.15) is 0 Å². The molecule has 3 heteroatoms. The molecule has 0 spiro atoms. The van der Waals surface area contributed by atoms with Gasteiger partial charge in [0, 0.05) is 26.8 Å². The molecule has 1 fully saturated rings. The molecule has 3 nitrogen and oxygen atoms in total. The topological polar surface area (TPSA) is 21.7 Å². The molecule has 0 N–H and O–H groups in total. The predicted molar refractivity (Wildman–Crippen MR) is 75.7 cm³/mol. The summed E-state index contributed by atoms with van der Waals surface area (Å²) in [5, 5.41) is 0. The Morgan fingerprint density at radius 3 is 2.00 bits per heavy atom. The van der Waals surface area contributed by atoms with E-state index in [-0.39, 0.29) is 0 Å². The Bertz CT molecular complexity index is 113. The molecule has 1 heterocycles. The maximum atomic E-state index is 5.24. The summed E-state index contributed by atoms with van der Waals surface area (Å²) in [6, 6.07) is 0. The van der Waals surface area contributed by atoms with Crippen LogP contribution >= 0.6 is 0 Å². The van der Waals surface area contributed by atoms with Crippen LogP contribution in [0.15, 0.2) is 0 Å². The molecule has 1 aliphatic heterocycles. The van der Waals surface area contributed by atoms with E-state index in [0.717, 1.165) is 39.3 Å². The van der Waals surface area contributed by atoms with Crippen molar-refractivity contribution in [3.05, 3.63) is 0 Å². The van der Waals surface area contributed by atoms with Crippen LogP contribution in [0.1, 0.15) is 47.0 Å². The molecule has 0 aliphatic carbocycles. The van der Waals surface area contributed by atoms with Crippen LogP contribution < -0.4 is 0 Å². The highest BCUT2D eigenvalue weighted by atomic mass is 16.5. The molecule has 1 aliphatic rings. The van der Waals surface area contributed by atoms with Gasteiger partial charge >= 0.3 is 0 Å². The predicted octanol–water partition coefficient (Wildman–Crippen LogP) is 3.19. The zero-order valence-electron chi connectivity index (χ0n) is 12.6. The molecule has 0 aromatic heterocycles. The largest absolute Gasteiger partial charge is 0.385 e. The number of methoxy groups -OCH3 is 1. The SMILES string of the molecule is CC.CCCCN1CCOCC1.CCCOC. The van der Waals surface area contributed by atoms with E-state index in [1.54, 1.807) is 7.11 Å². The zero-order valence-corrected chi connectivity index (χ0v) is 12.6. The summed E-state index contributed by atoms with van der Waals surface area (Å²) in [5.41, 5.74) is 0. The van der Waals surface area contributed by atoms with Crippen molar-refractivity contribution in [2.24, 2.45) is 0 Å². The van der Waals surface area contributed by atoms with Gasteiger partial charge in [0.2, 0.25) is 0 Å². The van der Waals surface area contributed by atoms with E-state index < -0.39 is 0 Å². The summed E-state index contributed by atoms with van der Waals surface area (Å²) in [6.45, 7) is 14.6. The molecule has 0 atom stereocenters. The lowest BCUT2D eigenvalue weighted by Gasteiger charge is -2.26. The van der Waals surface area contributed by atoms with E-state index in [2.05, 4.69) is 18.7 Å². The van der Waals surface area contributed by atoms with Gasteiger partial charge in [-0.05, 0) is 19.4 Å². The minimum Gasteiger partial charge on any atom is -0.385 e. The summed E-state index contributed by atoms with van der Waals surface area (Å²) >= 11 is 0. The highest BCUT2D eigenvalue weighted by Gasteiger charge is 2.07. The zero-order chi connectivity index (χ0) is 13.4. The third kappa shape index (κ3) is 15.9. The van der Waals surface area contributed by atoms with Crippen LogP contribution in [-0.4, -0.2) is 51.5 Å². The average Bonchev–Trinajstić information content (AvgIpc) is 2.41. The maximum absolute atomic E-state index is 5.24. The Morgan fingerprint density at radius 2 is 1.65 bits per heavy atom. The van der Waals surface area contributed by atoms with Crippen LogP contribution in [0.3, 0.4) is 0 Å². The second kappa shape index (κ2) is 18.3. The summed E-state index contributed by atoms with van der Waals surface area (Å²) in [5.74, 6) is 0. The first kappa shape index (κ1) is 19.2. The number of unbranched alkanes of at least 4 members (excludes halogenated alkanes) is 1. The van der Waals surface area contributed by atoms with E-state index >= 15 is 0 Å². The Hall–Kier alpha value is -0.120. The first-order chi connectivity index (χ1) is 8.35. The monoisotopic (exact) mass is 247 g/mol. The molecule has 0 aromatic carbocycles. The highest BCUT2D eigenvalue weighted by Crippen LogP contribution is 1.98. The summed E-state index contributed by atoms with van der Waals surface area (Å²) in [4.78, 5) is 2.48.